The van der Waals surface area contributed by atoms with Crippen LogP contribution in [0.5, 0.6) is 17.2 Å². The molecule has 134 valence electrons. The van der Waals surface area contributed by atoms with Gasteiger partial charge < -0.3 is 24.3 Å². The van der Waals surface area contributed by atoms with E-state index in [4.69, 9.17) is 18.9 Å². The third-order valence-electron chi connectivity index (χ3n) is 4.29. The van der Waals surface area contributed by atoms with Crippen molar-refractivity contribution in [3.63, 3.8) is 0 Å². The lowest BCUT2D eigenvalue weighted by Crippen LogP contribution is -2.43. The van der Waals surface area contributed by atoms with Gasteiger partial charge in [0, 0.05) is 13.1 Å². The molecule has 25 heavy (non-hydrogen) atoms. The number of rotatable bonds is 6. The number of hydrogen-bond donors (Lipinski definition) is 1. The van der Waals surface area contributed by atoms with Crippen molar-refractivity contribution in [1.82, 2.24) is 5.32 Å². The molecule has 1 fully saturated rings. The first-order chi connectivity index (χ1) is 12.2. The smallest absolute Gasteiger partial charge is 0.162 e. The van der Waals surface area contributed by atoms with E-state index in [-0.39, 0.29) is 12.2 Å². The van der Waals surface area contributed by atoms with Crippen molar-refractivity contribution in [2.75, 3.05) is 33.9 Å². The van der Waals surface area contributed by atoms with E-state index in [9.17, 15) is 0 Å². The lowest BCUT2D eigenvalue weighted by Gasteiger charge is -2.32. The summed E-state index contributed by atoms with van der Waals surface area (Å²) in [6.07, 6.45) is -0.355. The second-order valence-corrected chi connectivity index (χ2v) is 6.08. The summed E-state index contributed by atoms with van der Waals surface area (Å²) in [7, 11) is 3.32. The van der Waals surface area contributed by atoms with E-state index >= 15 is 0 Å². The number of benzene rings is 2. The van der Waals surface area contributed by atoms with Crippen molar-refractivity contribution in [2.45, 2.75) is 19.1 Å². The normalized spacial score (nSPS) is 18.4. The fourth-order valence-electron chi connectivity index (χ4n) is 2.97. The molecule has 5 heteroatoms. The van der Waals surface area contributed by atoms with Gasteiger partial charge in [0.25, 0.3) is 0 Å². The second-order valence-electron chi connectivity index (χ2n) is 6.08. The van der Waals surface area contributed by atoms with Gasteiger partial charge in [0.1, 0.15) is 11.9 Å². The molecule has 5 nitrogen and oxygen atoms in total. The Kier molecular flexibility index (Phi) is 5.79. The Morgan fingerprint density at radius 3 is 2.68 bits per heavy atom. The third kappa shape index (κ3) is 4.24. The highest BCUT2D eigenvalue weighted by Crippen LogP contribution is 2.35. The summed E-state index contributed by atoms with van der Waals surface area (Å²) in [5.74, 6) is 2.22. The van der Waals surface area contributed by atoms with Crippen LogP contribution in [0.15, 0.2) is 42.5 Å². The zero-order chi connectivity index (χ0) is 17.6. The first-order valence-corrected chi connectivity index (χ1v) is 8.49. The van der Waals surface area contributed by atoms with Gasteiger partial charge in [-0.2, -0.15) is 0 Å². The lowest BCUT2D eigenvalue weighted by molar-refractivity contribution is -0.0438. The van der Waals surface area contributed by atoms with Gasteiger partial charge in [-0.25, -0.2) is 0 Å². The van der Waals surface area contributed by atoms with Crippen LogP contribution in [0.2, 0.25) is 0 Å². The summed E-state index contributed by atoms with van der Waals surface area (Å²) in [5.41, 5.74) is 2.13. The van der Waals surface area contributed by atoms with E-state index in [0.717, 1.165) is 35.7 Å². The standard InChI is InChI=1S/C20H25NO4/c1-14-7-8-17(18(11-14)23-3)25-20(19-13-21-9-10-24-19)15-5-4-6-16(12-15)22-2/h4-8,11-12,19-21H,9-10,13H2,1-3H3/t19?,20-/m0/s1. The molecule has 0 aromatic heterocycles. The number of hydrogen-bond acceptors (Lipinski definition) is 5. The molecule has 2 aromatic carbocycles. The van der Waals surface area contributed by atoms with Gasteiger partial charge in [-0.05, 0) is 42.3 Å². The molecule has 2 atom stereocenters. The summed E-state index contributed by atoms with van der Waals surface area (Å²) >= 11 is 0. The van der Waals surface area contributed by atoms with Gasteiger partial charge >= 0.3 is 0 Å². The Hall–Kier alpha value is -2.24. The van der Waals surface area contributed by atoms with Crippen molar-refractivity contribution >= 4 is 0 Å². The van der Waals surface area contributed by atoms with Gasteiger partial charge in [-0.1, -0.05) is 18.2 Å². The van der Waals surface area contributed by atoms with E-state index < -0.39 is 0 Å². The lowest BCUT2D eigenvalue weighted by atomic mass is 10.0. The molecule has 0 radical (unpaired) electrons. The fraction of sp³-hybridized carbons (Fsp3) is 0.400. The molecular formula is C20H25NO4. The van der Waals surface area contributed by atoms with Gasteiger partial charge in [0.2, 0.25) is 0 Å². The molecule has 1 saturated heterocycles. The first kappa shape index (κ1) is 17.6. The van der Waals surface area contributed by atoms with Crippen LogP contribution in [-0.2, 0) is 4.74 Å². The highest BCUT2D eigenvalue weighted by molar-refractivity contribution is 5.43. The Balaban J connectivity index is 1.93. The van der Waals surface area contributed by atoms with Crippen molar-refractivity contribution in [3.05, 3.63) is 53.6 Å². The molecule has 1 heterocycles. The molecule has 0 spiro atoms. The summed E-state index contributed by atoms with van der Waals surface area (Å²) in [6, 6.07) is 13.8. The maximum Gasteiger partial charge on any atom is 0.162 e. The number of nitrogens with one attached hydrogen (secondary N) is 1. The summed E-state index contributed by atoms with van der Waals surface area (Å²) in [5, 5.41) is 3.37. The zero-order valence-corrected chi connectivity index (χ0v) is 15.0. The van der Waals surface area contributed by atoms with Gasteiger partial charge in [0.15, 0.2) is 17.6 Å². The molecule has 1 aliphatic heterocycles. The Morgan fingerprint density at radius 2 is 1.96 bits per heavy atom. The largest absolute Gasteiger partial charge is 0.497 e. The van der Waals surface area contributed by atoms with E-state index in [1.54, 1.807) is 14.2 Å². The van der Waals surface area contributed by atoms with E-state index in [1.807, 2.05) is 49.4 Å². The minimum Gasteiger partial charge on any atom is -0.497 e. The summed E-state index contributed by atoms with van der Waals surface area (Å²) < 4.78 is 23.2. The topological polar surface area (TPSA) is 49.0 Å². The maximum atomic E-state index is 6.37. The second kappa shape index (κ2) is 8.23. The third-order valence-corrected chi connectivity index (χ3v) is 4.29. The highest BCUT2D eigenvalue weighted by Gasteiger charge is 2.29. The van der Waals surface area contributed by atoms with Crippen LogP contribution in [0.1, 0.15) is 17.2 Å². The molecule has 0 amide bonds. The number of aryl methyl sites for hydroxylation is 1. The van der Waals surface area contributed by atoms with Crippen LogP contribution in [0.4, 0.5) is 0 Å². The van der Waals surface area contributed by atoms with Gasteiger partial charge in [-0.15, -0.1) is 0 Å². The molecule has 1 N–H and O–H groups in total. The number of ether oxygens (including phenoxy) is 4. The van der Waals surface area contributed by atoms with Gasteiger partial charge in [-0.3, -0.25) is 0 Å². The average Bonchev–Trinajstić information content (AvgIpc) is 2.67. The van der Waals surface area contributed by atoms with Crippen LogP contribution in [0.3, 0.4) is 0 Å². The highest BCUT2D eigenvalue weighted by atomic mass is 16.6. The Morgan fingerprint density at radius 1 is 1.08 bits per heavy atom. The number of methoxy groups -OCH3 is 2. The van der Waals surface area contributed by atoms with Gasteiger partial charge in [0.05, 0.1) is 20.8 Å². The fourth-order valence-corrected chi connectivity index (χ4v) is 2.97. The van der Waals surface area contributed by atoms with Crippen molar-refractivity contribution in [2.24, 2.45) is 0 Å². The molecule has 1 unspecified atom stereocenters. The van der Waals surface area contributed by atoms with Crippen LogP contribution < -0.4 is 19.5 Å². The van der Waals surface area contributed by atoms with Crippen LogP contribution in [0.25, 0.3) is 0 Å². The molecule has 3 rings (SSSR count). The van der Waals surface area contributed by atoms with Crippen molar-refractivity contribution in [3.8, 4) is 17.2 Å². The Labute approximate surface area is 148 Å². The van der Waals surface area contributed by atoms with Crippen LogP contribution in [-0.4, -0.2) is 40.0 Å². The van der Waals surface area contributed by atoms with Crippen LogP contribution in [0, 0.1) is 6.92 Å². The average molecular weight is 343 g/mol. The summed E-state index contributed by atoms with van der Waals surface area (Å²) in [6.45, 7) is 4.28. The van der Waals surface area contributed by atoms with E-state index in [0.29, 0.717) is 12.4 Å². The molecule has 0 saturated carbocycles. The Bertz CT molecular complexity index is 698. The van der Waals surface area contributed by atoms with E-state index in [2.05, 4.69) is 5.32 Å². The first-order valence-electron chi connectivity index (χ1n) is 8.49. The van der Waals surface area contributed by atoms with Crippen molar-refractivity contribution in [1.29, 1.82) is 0 Å². The minimum absolute atomic E-state index is 0.0909. The quantitative estimate of drug-likeness (QED) is 0.873. The van der Waals surface area contributed by atoms with Crippen LogP contribution >= 0.6 is 0 Å². The predicted octanol–water partition coefficient (Wildman–Crippen LogP) is 3.12. The molecule has 1 aliphatic rings. The van der Waals surface area contributed by atoms with E-state index in [1.165, 1.54) is 0 Å². The van der Waals surface area contributed by atoms with Crippen molar-refractivity contribution < 1.29 is 18.9 Å². The SMILES string of the molecule is COc1cccc([C@H](Oc2ccc(C)cc2OC)C2CNCCO2)c1. The number of morpholine rings is 1. The molecule has 2 aromatic rings. The monoisotopic (exact) mass is 343 g/mol. The predicted molar refractivity (Wildman–Crippen MR) is 96.7 cm³/mol. The molecule has 0 bridgehead atoms. The minimum atomic E-state index is -0.264. The molecule has 0 aliphatic carbocycles. The maximum absolute atomic E-state index is 6.37. The molecular weight excluding hydrogens is 318 g/mol. The summed E-state index contributed by atoms with van der Waals surface area (Å²) in [4.78, 5) is 0. The zero-order valence-electron chi connectivity index (χ0n) is 15.0.